The van der Waals surface area contributed by atoms with E-state index >= 15 is 0 Å². The van der Waals surface area contributed by atoms with E-state index in [4.69, 9.17) is 0 Å². The van der Waals surface area contributed by atoms with Gasteiger partial charge in [-0.15, -0.1) is 17.9 Å². The molecule has 3 nitrogen and oxygen atoms in total. The van der Waals surface area contributed by atoms with Gasteiger partial charge in [-0.1, -0.05) is 6.08 Å². The summed E-state index contributed by atoms with van der Waals surface area (Å²) in [5, 5.41) is 4.60. The van der Waals surface area contributed by atoms with Crippen LogP contribution >= 0.6 is 11.3 Å². The molecule has 0 saturated carbocycles. The first kappa shape index (κ1) is 11.7. The zero-order valence-electron chi connectivity index (χ0n) is 10.6. The average molecular weight is 259 g/mol. The van der Waals surface area contributed by atoms with Crippen molar-refractivity contribution >= 4 is 27.4 Å². The molecule has 0 atom stereocenters. The fourth-order valence-electron chi connectivity index (χ4n) is 2.56. The van der Waals surface area contributed by atoms with Crippen molar-refractivity contribution in [2.45, 2.75) is 32.6 Å². The minimum absolute atomic E-state index is 0.746. The van der Waals surface area contributed by atoms with E-state index in [1.165, 1.54) is 41.5 Å². The van der Waals surface area contributed by atoms with Gasteiger partial charge in [-0.25, -0.2) is 9.97 Å². The third-order valence-corrected chi connectivity index (χ3v) is 4.53. The quantitative estimate of drug-likeness (QED) is 0.858. The summed E-state index contributed by atoms with van der Waals surface area (Å²) in [5.74, 6) is 1.82. The van der Waals surface area contributed by atoms with E-state index in [0.717, 1.165) is 23.0 Å². The van der Waals surface area contributed by atoms with Crippen molar-refractivity contribution in [3.8, 4) is 0 Å². The number of hydrogen-bond acceptors (Lipinski definition) is 4. The van der Waals surface area contributed by atoms with Crippen LogP contribution in [0.15, 0.2) is 12.7 Å². The topological polar surface area (TPSA) is 37.8 Å². The Balaban J connectivity index is 2.19. The van der Waals surface area contributed by atoms with Gasteiger partial charge >= 0.3 is 0 Å². The number of nitrogens with zero attached hydrogens (tertiary/aromatic N) is 2. The number of aryl methyl sites for hydroxylation is 3. The summed E-state index contributed by atoms with van der Waals surface area (Å²) in [5.41, 5.74) is 1.48. The standard InChI is InChI=1S/C14H17N3S/c1-3-8-15-13-12-10-6-4-5-7-11(10)18-14(12)17-9(2)16-13/h3H,1,4-8H2,2H3,(H,15,16,17). The second-order valence-electron chi connectivity index (χ2n) is 4.68. The van der Waals surface area contributed by atoms with Crippen LogP contribution in [0.2, 0.25) is 0 Å². The summed E-state index contributed by atoms with van der Waals surface area (Å²) in [6.45, 7) is 6.45. The molecule has 94 valence electrons. The molecule has 1 aliphatic rings. The molecule has 0 amide bonds. The highest BCUT2D eigenvalue weighted by Crippen LogP contribution is 2.38. The molecule has 0 unspecified atom stereocenters. The number of fused-ring (bicyclic) bond motifs is 3. The van der Waals surface area contributed by atoms with Gasteiger partial charge in [0.25, 0.3) is 0 Å². The largest absolute Gasteiger partial charge is 0.366 e. The third kappa shape index (κ3) is 1.90. The molecule has 0 saturated heterocycles. The van der Waals surface area contributed by atoms with Crippen LogP contribution in [-0.4, -0.2) is 16.5 Å². The molecule has 18 heavy (non-hydrogen) atoms. The Labute approximate surface area is 111 Å². The van der Waals surface area contributed by atoms with Crippen molar-refractivity contribution in [1.29, 1.82) is 0 Å². The number of hydrogen-bond donors (Lipinski definition) is 1. The van der Waals surface area contributed by atoms with E-state index in [1.807, 2.05) is 24.3 Å². The monoisotopic (exact) mass is 259 g/mol. The Morgan fingerprint density at radius 1 is 1.33 bits per heavy atom. The minimum Gasteiger partial charge on any atom is -0.366 e. The van der Waals surface area contributed by atoms with E-state index in [0.29, 0.717) is 0 Å². The van der Waals surface area contributed by atoms with Crippen molar-refractivity contribution in [3.63, 3.8) is 0 Å². The van der Waals surface area contributed by atoms with Crippen LogP contribution in [-0.2, 0) is 12.8 Å². The van der Waals surface area contributed by atoms with Gasteiger partial charge in [-0.3, -0.25) is 0 Å². The van der Waals surface area contributed by atoms with Gasteiger partial charge in [0.2, 0.25) is 0 Å². The predicted octanol–water partition coefficient (Wildman–Crippen LogP) is 3.48. The van der Waals surface area contributed by atoms with Gasteiger partial charge in [0.05, 0.1) is 5.39 Å². The van der Waals surface area contributed by atoms with E-state index in [9.17, 15) is 0 Å². The number of aromatic nitrogens is 2. The minimum atomic E-state index is 0.746. The lowest BCUT2D eigenvalue weighted by Crippen LogP contribution is -2.05. The molecule has 2 aromatic rings. The summed E-state index contributed by atoms with van der Waals surface area (Å²) < 4.78 is 0. The third-order valence-electron chi connectivity index (χ3n) is 3.34. The normalized spacial score (nSPS) is 14.5. The van der Waals surface area contributed by atoms with E-state index in [1.54, 1.807) is 0 Å². The van der Waals surface area contributed by atoms with Crippen LogP contribution in [0.1, 0.15) is 29.1 Å². The molecule has 0 fully saturated rings. The molecule has 0 spiro atoms. The predicted molar refractivity (Wildman–Crippen MR) is 77.5 cm³/mol. The van der Waals surface area contributed by atoms with Gasteiger partial charge in [0, 0.05) is 11.4 Å². The Hall–Kier alpha value is -1.42. The molecular weight excluding hydrogens is 242 g/mol. The van der Waals surface area contributed by atoms with Gasteiger partial charge in [-0.2, -0.15) is 0 Å². The molecule has 0 radical (unpaired) electrons. The van der Waals surface area contributed by atoms with E-state index in [2.05, 4.69) is 21.9 Å². The molecule has 0 aliphatic heterocycles. The smallest absolute Gasteiger partial charge is 0.139 e. The molecule has 2 heterocycles. The van der Waals surface area contributed by atoms with E-state index < -0.39 is 0 Å². The summed E-state index contributed by atoms with van der Waals surface area (Å²) >= 11 is 1.84. The molecule has 4 heteroatoms. The number of anilines is 1. The maximum absolute atomic E-state index is 4.59. The van der Waals surface area contributed by atoms with Crippen molar-refractivity contribution in [3.05, 3.63) is 28.9 Å². The summed E-state index contributed by atoms with van der Waals surface area (Å²) in [6, 6.07) is 0. The molecular formula is C14H17N3S. The Morgan fingerprint density at radius 3 is 3.00 bits per heavy atom. The van der Waals surface area contributed by atoms with Crippen molar-refractivity contribution in [2.24, 2.45) is 0 Å². The first-order valence-electron chi connectivity index (χ1n) is 6.43. The molecule has 1 aliphatic carbocycles. The number of thiophene rings is 1. The average Bonchev–Trinajstić information content (AvgIpc) is 2.73. The first-order valence-corrected chi connectivity index (χ1v) is 7.25. The molecule has 1 N–H and O–H groups in total. The number of nitrogens with one attached hydrogen (secondary N) is 1. The molecule has 0 aromatic carbocycles. The molecule has 2 aromatic heterocycles. The highest BCUT2D eigenvalue weighted by atomic mass is 32.1. The second kappa shape index (κ2) is 4.69. The van der Waals surface area contributed by atoms with Crippen molar-refractivity contribution in [2.75, 3.05) is 11.9 Å². The van der Waals surface area contributed by atoms with Gasteiger partial charge in [-0.05, 0) is 38.2 Å². The van der Waals surface area contributed by atoms with Crippen LogP contribution in [0.3, 0.4) is 0 Å². The number of rotatable bonds is 3. The Bertz CT molecular complexity index is 601. The van der Waals surface area contributed by atoms with Crippen LogP contribution < -0.4 is 5.32 Å². The second-order valence-corrected chi connectivity index (χ2v) is 5.76. The van der Waals surface area contributed by atoms with Crippen LogP contribution in [0.5, 0.6) is 0 Å². The van der Waals surface area contributed by atoms with Gasteiger partial charge < -0.3 is 5.32 Å². The summed E-state index contributed by atoms with van der Waals surface area (Å²) in [6.07, 6.45) is 6.83. The van der Waals surface area contributed by atoms with Gasteiger partial charge in [0.15, 0.2) is 0 Å². The molecule has 3 rings (SSSR count). The SMILES string of the molecule is C=CCNc1nc(C)nc2sc3c(c12)CCCC3. The highest BCUT2D eigenvalue weighted by molar-refractivity contribution is 7.19. The first-order chi connectivity index (χ1) is 8.79. The Morgan fingerprint density at radius 2 is 2.17 bits per heavy atom. The lowest BCUT2D eigenvalue weighted by molar-refractivity contribution is 0.700. The lowest BCUT2D eigenvalue weighted by Gasteiger charge is -2.12. The van der Waals surface area contributed by atoms with E-state index in [-0.39, 0.29) is 0 Å². The van der Waals surface area contributed by atoms with Crippen LogP contribution in [0.4, 0.5) is 5.82 Å². The van der Waals surface area contributed by atoms with Crippen molar-refractivity contribution in [1.82, 2.24) is 9.97 Å². The molecule has 0 bridgehead atoms. The zero-order chi connectivity index (χ0) is 12.5. The maximum Gasteiger partial charge on any atom is 0.139 e. The summed E-state index contributed by atoms with van der Waals surface area (Å²) in [4.78, 5) is 11.8. The lowest BCUT2D eigenvalue weighted by atomic mass is 9.97. The summed E-state index contributed by atoms with van der Waals surface area (Å²) in [7, 11) is 0. The van der Waals surface area contributed by atoms with Crippen LogP contribution in [0, 0.1) is 6.92 Å². The highest BCUT2D eigenvalue weighted by Gasteiger charge is 2.20. The fraction of sp³-hybridized carbons (Fsp3) is 0.429. The Kier molecular flexibility index (Phi) is 3.04. The maximum atomic E-state index is 4.59. The van der Waals surface area contributed by atoms with Crippen LogP contribution in [0.25, 0.3) is 10.2 Å². The zero-order valence-corrected chi connectivity index (χ0v) is 11.4. The van der Waals surface area contributed by atoms with Gasteiger partial charge in [0.1, 0.15) is 16.5 Å². The fourth-order valence-corrected chi connectivity index (χ4v) is 3.87. The van der Waals surface area contributed by atoms with Crippen molar-refractivity contribution < 1.29 is 0 Å².